The van der Waals surface area contributed by atoms with Gasteiger partial charge in [0.1, 0.15) is 6.04 Å². The molecule has 0 saturated carbocycles. The number of amides is 2. The largest absolute Gasteiger partial charge is 0.379 e. The van der Waals surface area contributed by atoms with Gasteiger partial charge in [-0.3, -0.25) is 14.5 Å². The molecule has 29 heavy (non-hydrogen) atoms. The monoisotopic (exact) mass is 416 g/mol. The van der Waals surface area contributed by atoms with Crippen molar-refractivity contribution in [2.45, 2.75) is 32.9 Å². The lowest BCUT2D eigenvalue weighted by molar-refractivity contribution is -0.119. The smallest absolute Gasteiger partial charge is 0.251 e. The summed E-state index contributed by atoms with van der Waals surface area (Å²) in [5, 5.41) is 8.28. The fourth-order valence-electron chi connectivity index (χ4n) is 3.12. The zero-order valence-corrected chi connectivity index (χ0v) is 17.7. The van der Waals surface area contributed by atoms with Crippen LogP contribution in [0.2, 0.25) is 0 Å². The van der Waals surface area contributed by atoms with E-state index in [2.05, 4.69) is 20.5 Å². The summed E-state index contributed by atoms with van der Waals surface area (Å²) in [6, 6.07) is 8.31. The van der Waals surface area contributed by atoms with Crippen LogP contribution in [0.1, 0.15) is 36.3 Å². The fraction of sp³-hybridized carbons (Fsp3) is 0.476. The first-order valence-corrected chi connectivity index (χ1v) is 10.9. The van der Waals surface area contributed by atoms with Gasteiger partial charge < -0.3 is 15.4 Å². The van der Waals surface area contributed by atoms with E-state index in [1.807, 2.05) is 25.3 Å². The molecule has 0 bridgehead atoms. The van der Waals surface area contributed by atoms with Gasteiger partial charge in [0.15, 0.2) is 5.13 Å². The van der Waals surface area contributed by atoms with Crippen LogP contribution in [0.3, 0.4) is 0 Å². The lowest BCUT2D eigenvalue weighted by atomic mass is 9.98. The lowest BCUT2D eigenvalue weighted by Crippen LogP contribution is -2.47. The lowest BCUT2D eigenvalue weighted by Gasteiger charge is -2.25. The quantitative estimate of drug-likeness (QED) is 0.691. The molecule has 1 saturated heterocycles. The molecule has 2 aromatic rings. The average Bonchev–Trinajstić information content (AvgIpc) is 3.19. The molecule has 2 atom stereocenters. The number of nitrogens with one attached hydrogen (secondary N) is 2. The van der Waals surface area contributed by atoms with Gasteiger partial charge in [-0.15, -0.1) is 11.3 Å². The number of carbonyl (C=O) groups is 2. The van der Waals surface area contributed by atoms with Crippen LogP contribution in [0, 0.1) is 5.92 Å². The van der Waals surface area contributed by atoms with E-state index in [9.17, 15) is 9.59 Å². The number of rotatable bonds is 8. The molecule has 0 spiro atoms. The first kappa shape index (κ1) is 21.4. The predicted octanol–water partition coefficient (Wildman–Crippen LogP) is 2.76. The van der Waals surface area contributed by atoms with Crippen LogP contribution in [-0.4, -0.2) is 54.0 Å². The van der Waals surface area contributed by atoms with Gasteiger partial charge in [0.25, 0.3) is 5.91 Å². The molecule has 2 unspecified atom stereocenters. The van der Waals surface area contributed by atoms with Crippen molar-refractivity contribution in [3.8, 4) is 0 Å². The summed E-state index contributed by atoms with van der Waals surface area (Å²) in [7, 11) is 0. The van der Waals surface area contributed by atoms with E-state index >= 15 is 0 Å². The molecule has 2 heterocycles. The highest BCUT2D eigenvalue weighted by Gasteiger charge is 2.27. The molecule has 1 aromatic carbocycles. The van der Waals surface area contributed by atoms with Crippen LogP contribution in [0.5, 0.6) is 0 Å². The number of carbonyl (C=O) groups excluding carboxylic acids is 2. The van der Waals surface area contributed by atoms with Gasteiger partial charge in [0, 0.05) is 30.6 Å². The Hall–Kier alpha value is -2.29. The number of hydrogen-bond donors (Lipinski definition) is 2. The Bertz CT molecular complexity index is 805. The Balaban J connectivity index is 1.61. The predicted molar refractivity (Wildman–Crippen MR) is 114 cm³/mol. The molecule has 3 rings (SSSR count). The Morgan fingerprint density at radius 3 is 2.66 bits per heavy atom. The van der Waals surface area contributed by atoms with Crippen molar-refractivity contribution >= 4 is 28.3 Å². The third kappa shape index (κ3) is 6.09. The van der Waals surface area contributed by atoms with Gasteiger partial charge in [-0.05, 0) is 18.1 Å². The number of nitrogens with zero attached hydrogens (tertiary/aromatic N) is 2. The summed E-state index contributed by atoms with van der Waals surface area (Å²) < 4.78 is 5.37. The van der Waals surface area contributed by atoms with Crippen molar-refractivity contribution in [2.24, 2.45) is 5.92 Å². The molecule has 7 nitrogen and oxygen atoms in total. The maximum Gasteiger partial charge on any atom is 0.251 e. The number of aromatic nitrogens is 1. The molecule has 1 aliphatic rings. The number of thiazole rings is 1. The van der Waals surface area contributed by atoms with Crippen molar-refractivity contribution in [2.75, 3.05) is 31.6 Å². The Labute approximate surface area is 175 Å². The first-order valence-electron chi connectivity index (χ1n) is 9.98. The Morgan fingerprint density at radius 2 is 1.97 bits per heavy atom. The van der Waals surface area contributed by atoms with E-state index in [1.165, 1.54) is 11.3 Å². The molecule has 156 valence electrons. The number of anilines is 1. The van der Waals surface area contributed by atoms with E-state index in [-0.39, 0.29) is 17.7 Å². The topological polar surface area (TPSA) is 83.6 Å². The highest BCUT2D eigenvalue weighted by atomic mass is 32.1. The van der Waals surface area contributed by atoms with Crippen molar-refractivity contribution in [3.05, 3.63) is 47.0 Å². The molecule has 1 aromatic heterocycles. The highest BCUT2D eigenvalue weighted by Crippen LogP contribution is 2.19. The summed E-state index contributed by atoms with van der Waals surface area (Å²) in [4.78, 5) is 32.3. The van der Waals surface area contributed by atoms with Crippen molar-refractivity contribution in [1.29, 1.82) is 0 Å². The Morgan fingerprint density at radius 1 is 1.24 bits per heavy atom. The minimum absolute atomic E-state index is 0.00422. The maximum absolute atomic E-state index is 12.9. The molecule has 0 radical (unpaired) electrons. The molecule has 2 N–H and O–H groups in total. The number of ether oxygens (including phenoxy) is 1. The van der Waals surface area contributed by atoms with Crippen LogP contribution < -0.4 is 10.6 Å². The van der Waals surface area contributed by atoms with E-state index < -0.39 is 6.04 Å². The SMILES string of the molecule is CCC(C)C(NC(=O)c1ccccc1)C(=O)Nc1nc(CN2CCOCC2)cs1. The molecule has 1 fully saturated rings. The second-order valence-corrected chi connectivity index (χ2v) is 8.08. The van der Waals surface area contributed by atoms with Crippen molar-refractivity contribution in [3.63, 3.8) is 0 Å². The summed E-state index contributed by atoms with van der Waals surface area (Å²) >= 11 is 1.40. The van der Waals surface area contributed by atoms with E-state index in [1.54, 1.807) is 24.3 Å². The molecule has 0 aliphatic carbocycles. The van der Waals surface area contributed by atoms with Gasteiger partial charge in [0.05, 0.1) is 18.9 Å². The first-order chi connectivity index (χ1) is 14.1. The average molecular weight is 417 g/mol. The molecular formula is C21H28N4O3S. The highest BCUT2D eigenvalue weighted by molar-refractivity contribution is 7.13. The van der Waals surface area contributed by atoms with E-state index in [4.69, 9.17) is 4.74 Å². The van der Waals surface area contributed by atoms with Gasteiger partial charge >= 0.3 is 0 Å². The van der Waals surface area contributed by atoms with Gasteiger partial charge in [-0.1, -0.05) is 38.5 Å². The number of morpholine rings is 1. The zero-order chi connectivity index (χ0) is 20.6. The van der Waals surface area contributed by atoms with Crippen LogP contribution in [-0.2, 0) is 16.1 Å². The summed E-state index contributed by atoms with van der Waals surface area (Å²) in [5.41, 5.74) is 1.47. The summed E-state index contributed by atoms with van der Waals surface area (Å²) in [5.74, 6) is -0.496. The zero-order valence-electron chi connectivity index (χ0n) is 16.9. The molecule has 8 heteroatoms. The number of hydrogen-bond acceptors (Lipinski definition) is 6. The maximum atomic E-state index is 12.9. The number of benzene rings is 1. The van der Waals surface area contributed by atoms with E-state index in [0.29, 0.717) is 10.7 Å². The molecular weight excluding hydrogens is 388 g/mol. The van der Waals surface area contributed by atoms with Crippen LogP contribution in [0.4, 0.5) is 5.13 Å². The second kappa shape index (κ2) is 10.5. The minimum Gasteiger partial charge on any atom is -0.379 e. The van der Waals surface area contributed by atoms with Crippen molar-refractivity contribution < 1.29 is 14.3 Å². The third-order valence-electron chi connectivity index (χ3n) is 5.09. The van der Waals surface area contributed by atoms with Gasteiger partial charge in [-0.25, -0.2) is 4.98 Å². The minimum atomic E-state index is -0.626. The standard InChI is InChI=1S/C21H28N4O3S/c1-3-15(2)18(23-19(26)16-7-5-4-6-8-16)20(27)24-21-22-17(14-29-21)13-25-9-11-28-12-10-25/h4-8,14-15,18H,3,9-13H2,1-2H3,(H,23,26)(H,22,24,27). The van der Waals surface area contributed by atoms with Crippen molar-refractivity contribution in [1.82, 2.24) is 15.2 Å². The Kier molecular flexibility index (Phi) is 7.74. The second-order valence-electron chi connectivity index (χ2n) is 7.22. The van der Waals surface area contributed by atoms with Crippen LogP contribution in [0.15, 0.2) is 35.7 Å². The van der Waals surface area contributed by atoms with Gasteiger partial charge in [-0.2, -0.15) is 0 Å². The fourth-order valence-corrected chi connectivity index (χ4v) is 3.83. The normalized spacial score (nSPS) is 16.8. The summed E-state index contributed by atoms with van der Waals surface area (Å²) in [6.45, 7) is 7.97. The van der Waals surface area contributed by atoms with Crippen LogP contribution in [0.25, 0.3) is 0 Å². The van der Waals surface area contributed by atoms with Crippen LogP contribution >= 0.6 is 11.3 Å². The van der Waals surface area contributed by atoms with E-state index in [0.717, 1.165) is 45.0 Å². The summed E-state index contributed by atoms with van der Waals surface area (Å²) in [6.07, 6.45) is 0.771. The molecule has 1 aliphatic heterocycles. The third-order valence-corrected chi connectivity index (χ3v) is 5.90. The molecule has 2 amide bonds. The van der Waals surface area contributed by atoms with Gasteiger partial charge in [0.2, 0.25) is 5.91 Å².